The molecule has 0 amide bonds. The van der Waals surface area contributed by atoms with Gasteiger partial charge in [-0.1, -0.05) is 37.6 Å². The van der Waals surface area contributed by atoms with Crippen LogP contribution in [0, 0.1) is 0 Å². The summed E-state index contributed by atoms with van der Waals surface area (Å²) in [5.74, 6) is 0.755. The number of hydrogen-bond acceptors (Lipinski definition) is 3. The number of aliphatic hydroxyl groups excluding tert-OH is 1. The lowest BCUT2D eigenvalue weighted by atomic mass is 10.2. The van der Waals surface area contributed by atoms with Crippen LogP contribution in [0.4, 0.5) is 0 Å². The van der Waals surface area contributed by atoms with Crippen molar-refractivity contribution in [2.75, 3.05) is 13.2 Å². The first-order valence-electron chi connectivity index (χ1n) is 6.39. The normalized spacial score (nSPS) is 10.9. The minimum atomic E-state index is 0.202. The Morgan fingerprint density at radius 3 is 2.78 bits per heavy atom. The quantitative estimate of drug-likeness (QED) is 0.714. The van der Waals surface area contributed by atoms with E-state index in [1.54, 1.807) is 0 Å². The molecule has 0 saturated heterocycles. The van der Waals surface area contributed by atoms with Crippen molar-refractivity contribution in [3.05, 3.63) is 28.8 Å². The van der Waals surface area contributed by atoms with Crippen LogP contribution in [0.2, 0.25) is 5.02 Å². The molecule has 0 saturated carbocycles. The summed E-state index contributed by atoms with van der Waals surface area (Å²) in [6.07, 6.45) is 1.59. The number of halogens is 1. The Morgan fingerprint density at radius 2 is 2.11 bits per heavy atom. The SMILES string of the molecule is CC(C)NCc1cccc(Cl)c1OCCCCO. The molecular formula is C14H22ClNO2. The number of para-hydroxylation sites is 1. The highest BCUT2D eigenvalue weighted by molar-refractivity contribution is 6.32. The predicted octanol–water partition coefficient (Wildman–Crippen LogP) is 2.99. The molecule has 0 aliphatic heterocycles. The minimum absolute atomic E-state index is 0.202. The van der Waals surface area contributed by atoms with E-state index in [0.717, 1.165) is 30.7 Å². The van der Waals surface area contributed by atoms with Gasteiger partial charge in [0.2, 0.25) is 0 Å². The number of hydrogen-bond donors (Lipinski definition) is 2. The van der Waals surface area contributed by atoms with Gasteiger partial charge in [0.05, 0.1) is 11.6 Å². The summed E-state index contributed by atoms with van der Waals surface area (Å²) < 4.78 is 5.72. The number of nitrogens with one attached hydrogen (secondary N) is 1. The average molecular weight is 272 g/mol. The zero-order chi connectivity index (χ0) is 13.4. The first kappa shape index (κ1) is 15.3. The van der Waals surface area contributed by atoms with Crippen molar-refractivity contribution < 1.29 is 9.84 Å². The molecule has 0 aromatic heterocycles. The predicted molar refractivity (Wildman–Crippen MR) is 75.2 cm³/mol. The summed E-state index contributed by atoms with van der Waals surface area (Å²) in [5.41, 5.74) is 1.07. The van der Waals surface area contributed by atoms with Crippen LogP contribution in [-0.2, 0) is 6.54 Å². The molecule has 2 N–H and O–H groups in total. The number of aliphatic hydroxyl groups is 1. The lowest BCUT2D eigenvalue weighted by Crippen LogP contribution is -2.22. The van der Waals surface area contributed by atoms with Gasteiger partial charge >= 0.3 is 0 Å². The van der Waals surface area contributed by atoms with E-state index in [-0.39, 0.29) is 6.61 Å². The molecule has 1 aromatic carbocycles. The fourth-order valence-corrected chi connectivity index (χ4v) is 1.81. The van der Waals surface area contributed by atoms with Crippen LogP contribution in [-0.4, -0.2) is 24.4 Å². The molecule has 0 unspecified atom stereocenters. The molecule has 0 heterocycles. The maximum Gasteiger partial charge on any atom is 0.142 e. The van der Waals surface area contributed by atoms with Crippen LogP contribution < -0.4 is 10.1 Å². The molecule has 0 atom stereocenters. The molecule has 0 fully saturated rings. The van der Waals surface area contributed by atoms with Gasteiger partial charge in [0.15, 0.2) is 0 Å². The summed E-state index contributed by atoms with van der Waals surface area (Å²) in [7, 11) is 0. The third kappa shape index (κ3) is 5.25. The highest BCUT2D eigenvalue weighted by Gasteiger charge is 2.08. The molecule has 18 heavy (non-hydrogen) atoms. The average Bonchev–Trinajstić information content (AvgIpc) is 2.34. The number of unbranched alkanes of at least 4 members (excludes halogenated alkanes) is 1. The van der Waals surface area contributed by atoms with Gasteiger partial charge in [-0.15, -0.1) is 0 Å². The van der Waals surface area contributed by atoms with E-state index in [1.807, 2.05) is 18.2 Å². The van der Waals surface area contributed by atoms with E-state index in [0.29, 0.717) is 17.7 Å². The van der Waals surface area contributed by atoms with Gasteiger partial charge in [-0.2, -0.15) is 0 Å². The maximum atomic E-state index is 8.73. The van der Waals surface area contributed by atoms with Crippen LogP contribution in [0.3, 0.4) is 0 Å². The number of ether oxygens (including phenoxy) is 1. The first-order valence-corrected chi connectivity index (χ1v) is 6.77. The number of rotatable bonds is 8. The smallest absolute Gasteiger partial charge is 0.142 e. The van der Waals surface area contributed by atoms with Gasteiger partial charge in [-0.3, -0.25) is 0 Å². The molecule has 1 rings (SSSR count). The summed E-state index contributed by atoms with van der Waals surface area (Å²) in [6, 6.07) is 6.20. The largest absolute Gasteiger partial charge is 0.492 e. The lowest BCUT2D eigenvalue weighted by Gasteiger charge is -2.15. The summed E-state index contributed by atoms with van der Waals surface area (Å²) >= 11 is 6.16. The number of benzene rings is 1. The molecule has 4 heteroatoms. The Labute approximate surface area is 114 Å². The van der Waals surface area contributed by atoms with E-state index in [9.17, 15) is 0 Å². The van der Waals surface area contributed by atoms with Gasteiger partial charge < -0.3 is 15.2 Å². The van der Waals surface area contributed by atoms with Crippen LogP contribution in [0.5, 0.6) is 5.75 Å². The minimum Gasteiger partial charge on any atom is -0.492 e. The Kier molecular flexibility index (Phi) is 7.09. The van der Waals surface area contributed by atoms with Gasteiger partial charge in [0.1, 0.15) is 5.75 Å². The molecular weight excluding hydrogens is 250 g/mol. The van der Waals surface area contributed by atoms with Gasteiger partial charge in [0.25, 0.3) is 0 Å². The highest BCUT2D eigenvalue weighted by atomic mass is 35.5. The van der Waals surface area contributed by atoms with Crippen molar-refractivity contribution in [3.8, 4) is 5.75 Å². The zero-order valence-corrected chi connectivity index (χ0v) is 11.8. The Hall–Kier alpha value is -0.770. The summed E-state index contributed by atoms with van der Waals surface area (Å²) in [6.45, 7) is 5.73. The lowest BCUT2D eigenvalue weighted by molar-refractivity contribution is 0.252. The fourth-order valence-electron chi connectivity index (χ4n) is 1.56. The topological polar surface area (TPSA) is 41.5 Å². The third-order valence-electron chi connectivity index (χ3n) is 2.55. The van der Waals surface area contributed by atoms with Crippen molar-refractivity contribution in [2.45, 2.75) is 39.3 Å². The Balaban J connectivity index is 2.62. The van der Waals surface area contributed by atoms with Crippen molar-refractivity contribution >= 4 is 11.6 Å². The maximum absolute atomic E-state index is 8.73. The van der Waals surface area contributed by atoms with Crippen LogP contribution in [0.25, 0.3) is 0 Å². The van der Waals surface area contributed by atoms with Crippen molar-refractivity contribution in [2.24, 2.45) is 0 Å². The molecule has 102 valence electrons. The third-order valence-corrected chi connectivity index (χ3v) is 2.85. The van der Waals surface area contributed by atoms with E-state index in [2.05, 4.69) is 19.2 Å². The summed E-state index contributed by atoms with van der Waals surface area (Å²) in [5, 5.41) is 12.7. The molecule has 3 nitrogen and oxygen atoms in total. The van der Waals surface area contributed by atoms with E-state index < -0.39 is 0 Å². The van der Waals surface area contributed by atoms with Gasteiger partial charge in [0, 0.05) is 24.8 Å². The second kappa shape index (κ2) is 8.35. The van der Waals surface area contributed by atoms with Crippen LogP contribution >= 0.6 is 11.6 Å². The van der Waals surface area contributed by atoms with Crippen LogP contribution in [0.1, 0.15) is 32.3 Å². The highest BCUT2D eigenvalue weighted by Crippen LogP contribution is 2.28. The first-order chi connectivity index (χ1) is 8.65. The van der Waals surface area contributed by atoms with Gasteiger partial charge in [-0.05, 0) is 18.9 Å². The molecule has 0 spiro atoms. The molecule has 0 bridgehead atoms. The Bertz CT molecular complexity index is 356. The fraction of sp³-hybridized carbons (Fsp3) is 0.571. The second-order valence-corrected chi connectivity index (χ2v) is 4.95. The van der Waals surface area contributed by atoms with Crippen LogP contribution in [0.15, 0.2) is 18.2 Å². The van der Waals surface area contributed by atoms with Crippen molar-refractivity contribution in [1.29, 1.82) is 0 Å². The van der Waals surface area contributed by atoms with E-state index >= 15 is 0 Å². The van der Waals surface area contributed by atoms with E-state index in [1.165, 1.54) is 0 Å². The van der Waals surface area contributed by atoms with Crippen molar-refractivity contribution in [3.63, 3.8) is 0 Å². The van der Waals surface area contributed by atoms with E-state index in [4.69, 9.17) is 21.4 Å². The Morgan fingerprint density at radius 1 is 1.33 bits per heavy atom. The zero-order valence-electron chi connectivity index (χ0n) is 11.1. The van der Waals surface area contributed by atoms with Gasteiger partial charge in [-0.25, -0.2) is 0 Å². The summed E-state index contributed by atoms with van der Waals surface area (Å²) in [4.78, 5) is 0. The molecule has 0 aliphatic rings. The molecule has 0 radical (unpaired) electrons. The molecule has 1 aromatic rings. The standard InChI is InChI=1S/C14H22ClNO2/c1-11(2)16-10-12-6-5-7-13(15)14(12)18-9-4-3-8-17/h5-7,11,16-17H,3-4,8-10H2,1-2H3. The van der Waals surface area contributed by atoms with Crippen molar-refractivity contribution in [1.82, 2.24) is 5.32 Å². The second-order valence-electron chi connectivity index (χ2n) is 4.54. The molecule has 0 aliphatic carbocycles. The monoisotopic (exact) mass is 271 g/mol.